The van der Waals surface area contributed by atoms with Crippen molar-refractivity contribution in [2.24, 2.45) is 0 Å². The summed E-state index contributed by atoms with van der Waals surface area (Å²) in [5.74, 6) is 0. The minimum Gasteiger partial charge on any atom is -0.375 e. The first-order chi connectivity index (χ1) is 8.54. The van der Waals surface area contributed by atoms with Crippen LogP contribution in [0.4, 0.5) is 10.8 Å². The smallest absolute Gasteiger partial charge is 0.180 e. The molecule has 0 bridgehead atoms. The van der Waals surface area contributed by atoms with E-state index < -0.39 is 0 Å². The lowest BCUT2D eigenvalue weighted by molar-refractivity contribution is 0.858. The van der Waals surface area contributed by atoms with Crippen LogP contribution in [0.25, 0.3) is 0 Å². The van der Waals surface area contributed by atoms with E-state index in [1.807, 2.05) is 5.38 Å². The number of nitrogens with zero attached hydrogens (tertiary/aromatic N) is 2. The van der Waals surface area contributed by atoms with Crippen molar-refractivity contribution in [3.63, 3.8) is 0 Å². The summed E-state index contributed by atoms with van der Waals surface area (Å²) >= 11 is 1.50. The fourth-order valence-electron chi connectivity index (χ4n) is 2.02. The van der Waals surface area contributed by atoms with Gasteiger partial charge in [-0.2, -0.15) is 0 Å². The van der Waals surface area contributed by atoms with Crippen LogP contribution in [0.5, 0.6) is 0 Å². The van der Waals surface area contributed by atoms with Crippen molar-refractivity contribution < 1.29 is 0 Å². The van der Waals surface area contributed by atoms with Gasteiger partial charge in [-0.15, -0.1) is 11.3 Å². The molecule has 0 spiro atoms. The van der Waals surface area contributed by atoms with E-state index in [2.05, 4.69) is 49.0 Å². The van der Waals surface area contributed by atoms with Gasteiger partial charge >= 0.3 is 0 Å². The second-order valence-electron chi connectivity index (χ2n) is 4.69. The molecule has 4 heteroatoms. The lowest BCUT2D eigenvalue weighted by Gasteiger charge is -2.20. The second kappa shape index (κ2) is 5.40. The molecular formula is C14H19N3S. The van der Waals surface area contributed by atoms with Gasteiger partial charge in [-0.05, 0) is 37.1 Å². The number of anilines is 2. The van der Waals surface area contributed by atoms with Gasteiger partial charge in [-0.3, -0.25) is 0 Å². The minimum atomic E-state index is 0.652. The molecule has 1 heterocycles. The van der Waals surface area contributed by atoms with E-state index >= 15 is 0 Å². The Morgan fingerprint density at radius 1 is 1.22 bits per heavy atom. The average molecular weight is 261 g/mol. The molecule has 0 aliphatic carbocycles. The third kappa shape index (κ3) is 3.23. The second-order valence-corrected chi connectivity index (χ2v) is 5.58. The molecule has 0 aliphatic rings. The maximum Gasteiger partial charge on any atom is 0.180 e. The maximum atomic E-state index is 5.63. The predicted octanol–water partition coefficient (Wildman–Crippen LogP) is 3.02. The van der Waals surface area contributed by atoms with Crippen LogP contribution in [-0.4, -0.2) is 18.6 Å². The van der Waals surface area contributed by atoms with Crippen molar-refractivity contribution in [1.82, 2.24) is 4.98 Å². The number of aryl methyl sites for hydroxylation is 2. The van der Waals surface area contributed by atoms with Gasteiger partial charge in [0.1, 0.15) is 0 Å². The molecule has 0 saturated heterocycles. The Hall–Kier alpha value is -1.55. The van der Waals surface area contributed by atoms with Crippen LogP contribution >= 0.6 is 11.3 Å². The van der Waals surface area contributed by atoms with E-state index in [9.17, 15) is 0 Å². The molecule has 0 amide bonds. The van der Waals surface area contributed by atoms with Gasteiger partial charge in [0.05, 0.1) is 5.69 Å². The molecule has 0 aliphatic heterocycles. The van der Waals surface area contributed by atoms with E-state index in [1.165, 1.54) is 28.2 Å². The molecule has 0 saturated carbocycles. The molecule has 1 aromatic heterocycles. The number of nitrogens with two attached hydrogens (primary N) is 1. The summed E-state index contributed by atoms with van der Waals surface area (Å²) in [4.78, 5) is 6.54. The quantitative estimate of drug-likeness (QED) is 0.920. The van der Waals surface area contributed by atoms with Crippen LogP contribution in [0.3, 0.4) is 0 Å². The predicted molar refractivity (Wildman–Crippen MR) is 79.4 cm³/mol. The molecule has 2 N–H and O–H groups in total. The summed E-state index contributed by atoms with van der Waals surface area (Å²) in [6, 6.07) is 6.61. The van der Waals surface area contributed by atoms with E-state index in [1.54, 1.807) is 0 Å². The molecule has 0 fully saturated rings. The Morgan fingerprint density at radius 3 is 2.44 bits per heavy atom. The summed E-state index contributed by atoms with van der Waals surface area (Å²) in [7, 11) is 2.12. The van der Waals surface area contributed by atoms with Crippen molar-refractivity contribution in [2.45, 2.75) is 20.3 Å². The van der Waals surface area contributed by atoms with Crippen LogP contribution in [-0.2, 0) is 6.42 Å². The van der Waals surface area contributed by atoms with Crippen LogP contribution in [0.2, 0.25) is 0 Å². The maximum absolute atomic E-state index is 5.63. The molecule has 3 nitrogen and oxygen atoms in total. The lowest BCUT2D eigenvalue weighted by atomic mass is 10.1. The Bertz CT molecular complexity index is 513. The van der Waals surface area contributed by atoms with Gasteiger partial charge in [-0.1, -0.05) is 6.07 Å². The van der Waals surface area contributed by atoms with Crippen LogP contribution in [0.15, 0.2) is 23.6 Å². The first-order valence-electron chi connectivity index (χ1n) is 6.04. The van der Waals surface area contributed by atoms with Gasteiger partial charge in [-0.25, -0.2) is 4.98 Å². The van der Waals surface area contributed by atoms with Crippen molar-refractivity contribution >= 4 is 22.2 Å². The third-order valence-electron chi connectivity index (χ3n) is 2.92. The normalized spacial score (nSPS) is 10.6. The van der Waals surface area contributed by atoms with Gasteiger partial charge in [0.25, 0.3) is 0 Å². The lowest BCUT2D eigenvalue weighted by Crippen LogP contribution is -2.20. The highest BCUT2D eigenvalue weighted by molar-refractivity contribution is 7.13. The number of hydrogen-bond donors (Lipinski definition) is 1. The topological polar surface area (TPSA) is 42.1 Å². The minimum absolute atomic E-state index is 0.652. The molecule has 0 atom stereocenters. The standard InChI is InChI=1S/C14H19N3S/c1-10-6-11(2)8-13(7-10)17(3)5-4-12-9-18-14(15)16-12/h6-9H,4-5H2,1-3H3,(H2,15,16). The highest BCUT2D eigenvalue weighted by Crippen LogP contribution is 2.18. The molecular weight excluding hydrogens is 242 g/mol. The summed E-state index contributed by atoms with van der Waals surface area (Å²) < 4.78 is 0. The Balaban J connectivity index is 2.01. The van der Waals surface area contributed by atoms with E-state index in [0.29, 0.717) is 5.13 Å². The van der Waals surface area contributed by atoms with Crippen LogP contribution in [0.1, 0.15) is 16.8 Å². The summed E-state index contributed by atoms with van der Waals surface area (Å²) in [5, 5.41) is 2.68. The molecule has 0 radical (unpaired) electrons. The van der Waals surface area contributed by atoms with Gasteiger partial charge in [0.2, 0.25) is 0 Å². The van der Waals surface area contributed by atoms with Crippen molar-refractivity contribution in [3.05, 3.63) is 40.4 Å². The van der Waals surface area contributed by atoms with E-state index in [-0.39, 0.29) is 0 Å². The zero-order valence-electron chi connectivity index (χ0n) is 11.1. The van der Waals surface area contributed by atoms with Crippen molar-refractivity contribution in [1.29, 1.82) is 0 Å². The zero-order valence-corrected chi connectivity index (χ0v) is 11.9. The Labute approximate surface area is 112 Å². The first kappa shape index (κ1) is 12.9. The Kier molecular flexibility index (Phi) is 3.87. The number of rotatable bonds is 4. The molecule has 18 heavy (non-hydrogen) atoms. The third-order valence-corrected chi connectivity index (χ3v) is 3.64. The average Bonchev–Trinajstić information content (AvgIpc) is 2.70. The molecule has 2 aromatic rings. The van der Waals surface area contributed by atoms with Gasteiger partial charge in [0.15, 0.2) is 5.13 Å². The highest BCUT2D eigenvalue weighted by Gasteiger charge is 2.04. The Morgan fingerprint density at radius 2 is 1.89 bits per heavy atom. The zero-order chi connectivity index (χ0) is 13.1. The van der Waals surface area contributed by atoms with Gasteiger partial charge in [0, 0.05) is 31.1 Å². The fourth-order valence-corrected chi connectivity index (χ4v) is 2.62. The van der Waals surface area contributed by atoms with Crippen LogP contribution in [0, 0.1) is 13.8 Å². The number of thiazole rings is 1. The number of aromatic nitrogens is 1. The van der Waals surface area contributed by atoms with Crippen molar-refractivity contribution in [3.8, 4) is 0 Å². The largest absolute Gasteiger partial charge is 0.375 e. The van der Waals surface area contributed by atoms with E-state index in [4.69, 9.17) is 5.73 Å². The number of likely N-dealkylation sites (N-methyl/N-ethyl adjacent to an activating group) is 1. The monoisotopic (exact) mass is 261 g/mol. The number of hydrogen-bond acceptors (Lipinski definition) is 4. The highest BCUT2D eigenvalue weighted by atomic mass is 32.1. The summed E-state index contributed by atoms with van der Waals surface area (Å²) in [5.41, 5.74) is 10.6. The first-order valence-corrected chi connectivity index (χ1v) is 6.92. The van der Waals surface area contributed by atoms with Crippen molar-refractivity contribution in [2.75, 3.05) is 24.2 Å². The number of nitrogen functional groups attached to an aromatic ring is 1. The molecule has 0 unspecified atom stereocenters. The molecule has 2 rings (SSSR count). The number of benzene rings is 1. The van der Waals surface area contributed by atoms with Gasteiger partial charge < -0.3 is 10.6 Å². The molecule has 96 valence electrons. The summed E-state index contributed by atoms with van der Waals surface area (Å²) in [6.45, 7) is 5.21. The molecule has 1 aromatic carbocycles. The SMILES string of the molecule is Cc1cc(C)cc(N(C)CCc2csc(N)n2)c1. The summed E-state index contributed by atoms with van der Waals surface area (Å²) in [6.07, 6.45) is 0.928. The fraction of sp³-hybridized carbons (Fsp3) is 0.357. The van der Waals surface area contributed by atoms with E-state index in [0.717, 1.165) is 18.7 Å². The van der Waals surface area contributed by atoms with Crippen LogP contribution < -0.4 is 10.6 Å².